The molecule has 9 nitrogen and oxygen atoms in total. The fourth-order valence-electron chi connectivity index (χ4n) is 5.22. The minimum Gasteiger partial charge on any atom is -0.504 e. The molecule has 1 aromatic rings. The zero-order chi connectivity index (χ0) is 18.9. The van der Waals surface area contributed by atoms with Crippen molar-refractivity contribution in [2.75, 3.05) is 6.54 Å². The summed E-state index contributed by atoms with van der Waals surface area (Å²) in [5.41, 5.74) is 0.332. The number of carbonyl (C=O) groups excluding carboxylic acids is 1. The molecule has 1 aromatic carbocycles. The highest BCUT2D eigenvalue weighted by Crippen LogP contribution is 2.63. The average molecular weight is 385 g/mol. The molecule has 0 amide bonds. The van der Waals surface area contributed by atoms with Crippen molar-refractivity contribution in [2.45, 2.75) is 48.8 Å². The molecule has 26 heavy (non-hydrogen) atoms. The topological polar surface area (TPSA) is 153 Å². The van der Waals surface area contributed by atoms with Gasteiger partial charge < -0.3 is 20.3 Å². The molecular weight excluding hydrogens is 366 g/mol. The van der Waals surface area contributed by atoms with E-state index in [9.17, 15) is 15.0 Å². The van der Waals surface area contributed by atoms with E-state index in [1.165, 1.54) is 0 Å². The fraction of sp³-hybridized carbons (Fsp3) is 0.562. The van der Waals surface area contributed by atoms with Crippen LogP contribution in [0.25, 0.3) is 0 Å². The van der Waals surface area contributed by atoms with Gasteiger partial charge in [0, 0.05) is 18.0 Å². The average Bonchev–Trinajstić information content (AvgIpc) is 2.86. The van der Waals surface area contributed by atoms with E-state index in [-0.39, 0.29) is 17.6 Å². The van der Waals surface area contributed by atoms with E-state index in [1.54, 1.807) is 6.07 Å². The Labute approximate surface area is 149 Å². The van der Waals surface area contributed by atoms with E-state index < -0.39 is 27.5 Å². The molecule has 2 heterocycles. The normalized spacial score (nSPS) is 36.5. The Morgan fingerprint density at radius 2 is 1.92 bits per heavy atom. The number of phenolic OH excluding ortho intramolecular Hbond substituents is 1. The van der Waals surface area contributed by atoms with Crippen LogP contribution in [0.1, 0.15) is 30.4 Å². The summed E-state index contributed by atoms with van der Waals surface area (Å²) >= 11 is 0. The molecule has 5 N–H and O–H groups in total. The first-order valence-corrected chi connectivity index (χ1v) is 9.68. The molecule has 2 aliphatic heterocycles. The molecule has 5 rings (SSSR count). The number of phenols is 1. The number of benzene rings is 1. The highest BCUT2D eigenvalue weighted by Gasteiger charge is 2.71. The number of ether oxygens (including phenoxy) is 1. The van der Waals surface area contributed by atoms with Gasteiger partial charge in [0.25, 0.3) is 0 Å². The second kappa shape index (κ2) is 5.40. The van der Waals surface area contributed by atoms with E-state index in [0.29, 0.717) is 31.4 Å². The first kappa shape index (κ1) is 17.7. The Bertz CT molecular complexity index is 892. The number of rotatable bonds is 0. The summed E-state index contributed by atoms with van der Waals surface area (Å²) in [5, 5.41) is 25.0. The standard InChI is InChI=1S/C16H17NO4.H2O4S/c18-9-2-1-8-7-11-16(20)4-3-10(19)14-15(16,5-6-17-11)12(8)13(9)21-14;1-5(2,3)4/h1-2,11,14,17-18,20H,3-7H2;(H2,1,2,3,4)/t11-,14+,15+,16-;/m1./s1. The van der Waals surface area contributed by atoms with Gasteiger partial charge in [0.2, 0.25) is 0 Å². The lowest BCUT2D eigenvalue weighted by Crippen LogP contribution is -2.76. The van der Waals surface area contributed by atoms with E-state index in [1.807, 2.05) is 6.07 Å². The number of carbonyl (C=O) groups is 1. The number of ketones is 1. The second-order valence-electron chi connectivity index (χ2n) is 7.22. The molecule has 1 saturated carbocycles. The third kappa shape index (κ3) is 2.23. The SMILES string of the molecule is O=C1CC[C@@]2(O)[C@H]3Cc4ccc(O)c5c4[C@@]2(CCN3)[C@H]1O5.O=S(=O)(O)O. The number of aliphatic hydroxyl groups is 1. The molecule has 1 saturated heterocycles. The highest BCUT2D eigenvalue weighted by atomic mass is 32.3. The van der Waals surface area contributed by atoms with Gasteiger partial charge in [-0.15, -0.1) is 0 Å². The third-order valence-electron chi connectivity index (χ3n) is 6.08. The molecule has 0 unspecified atom stereocenters. The lowest BCUT2D eigenvalue weighted by molar-refractivity contribution is -0.166. The predicted molar refractivity (Wildman–Crippen MR) is 87.7 cm³/mol. The monoisotopic (exact) mass is 385 g/mol. The molecular formula is C16H19NO8S. The number of aromatic hydroxyl groups is 1. The molecule has 4 aliphatic rings. The summed E-state index contributed by atoms with van der Waals surface area (Å²) in [6, 6.07) is 3.49. The van der Waals surface area contributed by atoms with Crippen LogP contribution in [0.4, 0.5) is 0 Å². The molecule has 10 heteroatoms. The summed E-state index contributed by atoms with van der Waals surface area (Å²) in [4.78, 5) is 12.4. The van der Waals surface area contributed by atoms with E-state index in [4.69, 9.17) is 22.3 Å². The van der Waals surface area contributed by atoms with Crippen LogP contribution in [-0.2, 0) is 27.0 Å². The van der Waals surface area contributed by atoms with Crippen LogP contribution >= 0.6 is 0 Å². The van der Waals surface area contributed by atoms with Crippen molar-refractivity contribution < 1.29 is 37.3 Å². The maximum Gasteiger partial charge on any atom is 0.394 e. The summed E-state index contributed by atoms with van der Waals surface area (Å²) in [5.74, 6) is 0.542. The predicted octanol–water partition coefficient (Wildman–Crippen LogP) is -0.250. The van der Waals surface area contributed by atoms with E-state index >= 15 is 0 Å². The number of Topliss-reactive ketones (excluding diaryl/α,β-unsaturated/α-hetero) is 1. The van der Waals surface area contributed by atoms with Gasteiger partial charge in [-0.25, -0.2) is 0 Å². The van der Waals surface area contributed by atoms with Gasteiger partial charge >= 0.3 is 10.4 Å². The van der Waals surface area contributed by atoms with Crippen LogP contribution in [0.3, 0.4) is 0 Å². The number of nitrogens with one attached hydrogen (secondary N) is 1. The Morgan fingerprint density at radius 3 is 2.62 bits per heavy atom. The Kier molecular flexibility index (Phi) is 3.67. The number of piperidine rings is 1. The number of hydrogen-bond donors (Lipinski definition) is 5. The third-order valence-corrected chi connectivity index (χ3v) is 6.08. The lowest BCUT2D eigenvalue weighted by atomic mass is 9.49. The van der Waals surface area contributed by atoms with E-state index in [0.717, 1.165) is 17.7 Å². The van der Waals surface area contributed by atoms with Crippen LogP contribution in [0.2, 0.25) is 0 Å². The molecule has 142 valence electrons. The first-order valence-electron chi connectivity index (χ1n) is 8.28. The van der Waals surface area contributed by atoms with Crippen LogP contribution in [0.15, 0.2) is 12.1 Å². The molecule has 4 atom stereocenters. The van der Waals surface area contributed by atoms with Crippen molar-refractivity contribution in [3.05, 3.63) is 23.3 Å². The van der Waals surface area contributed by atoms with Gasteiger partial charge in [0.15, 0.2) is 23.4 Å². The fourth-order valence-corrected chi connectivity index (χ4v) is 5.22. The maximum absolute atomic E-state index is 12.4. The van der Waals surface area contributed by atoms with E-state index in [2.05, 4.69) is 5.32 Å². The highest BCUT2D eigenvalue weighted by molar-refractivity contribution is 7.79. The molecule has 0 aromatic heterocycles. The zero-order valence-electron chi connectivity index (χ0n) is 13.7. The van der Waals surface area contributed by atoms with Gasteiger partial charge in [-0.3, -0.25) is 13.9 Å². The van der Waals surface area contributed by atoms with Crippen molar-refractivity contribution >= 4 is 16.2 Å². The summed E-state index contributed by atoms with van der Waals surface area (Å²) < 4.78 is 37.5. The first-order chi connectivity index (χ1) is 12.1. The summed E-state index contributed by atoms with van der Waals surface area (Å²) in [6.07, 6.45) is 1.54. The minimum atomic E-state index is -4.67. The Balaban J connectivity index is 0.000000301. The van der Waals surface area contributed by atoms with Crippen LogP contribution in [-0.4, -0.2) is 57.8 Å². The van der Waals surface area contributed by atoms with Gasteiger partial charge in [-0.1, -0.05) is 6.07 Å². The zero-order valence-corrected chi connectivity index (χ0v) is 14.5. The summed E-state index contributed by atoms with van der Waals surface area (Å²) in [6.45, 7) is 0.759. The quantitative estimate of drug-likeness (QED) is 0.380. The maximum atomic E-state index is 12.4. The molecule has 2 aliphatic carbocycles. The van der Waals surface area contributed by atoms with Crippen molar-refractivity contribution in [1.29, 1.82) is 0 Å². The van der Waals surface area contributed by atoms with Crippen molar-refractivity contribution in [1.82, 2.24) is 5.32 Å². The van der Waals surface area contributed by atoms with Gasteiger partial charge in [0.05, 0.1) is 11.0 Å². The van der Waals surface area contributed by atoms with Crippen molar-refractivity contribution in [3.8, 4) is 11.5 Å². The van der Waals surface area contributed by atoms with Gasteiger partial charge in [0.1, 0.15) is 0 Å². The molecule has 0 radical (unpaired) electrons. The Hall–Kier alpha value is -1.72. The largest absolute Gasteiger partial charge is 0.504 e. The lowest BCUT2D eigenvalue weighted by Gasteiger charge is -2.59. The van der Waals surface area contributed by atoms with Crippen LogP contribution < -0.4 is 10.1 Å². The molecule has 1 spiro atoms. The second-order valence-corrected chi connectivity index (χ2v) is 8.11. The van der Waals surface area contributed by atoms with Gasteiger partial charge in [-0.2, -0.15) is 8.42 Å². The van der Waals surface area contributed by atoms with Crippen LogP contribution in [0.5, 0.6) is 11.5 Å². The smallest absolute Gasteiger partial charge is 0.394 e. The molecule has 2 bridgehead atoms. The summed E-state index contributed by atoms with van der Waals surface area (Å²) in [7, 11) is -4.67. The Morgan fingerprint density at radius 1 is 1.23 bits per heavy atom. The van der Waals surface area contributed by atoms with Crippen molar-refractivity contribution in [3.63, 3.8) is 0 Å². The minimum absolute atomic E-state index is 0.0452. The number of hydrogen-bond acceptors (Lipinski definition) is 7. The van der Waals surface area contributed by atoms with Gasteiger partial charge in [-0.05, 0) is 37.4 Å². The van der Waals surface area contributed by atoms with Crippen LogP contribution in [0, 0.1) is 0 Å². The van der Waals surface area contributed by atoms with Crippen molar-refractivity contribution in [2.24, 2.45) is 0 Å². The molecule has 2 fully saturated rings.